The highest BCUT2D eigenvalue weighted by Gasteiger charge is 2.13. The zero-order valence-corrected chi connectivity index (χ0v) is 14.8. The van der Waals surface area contributed by atoms with Gasteiger partial charge >= 0.3 is 0 Å². The normalized spacial score (nSPS) is 10.1. The number of hydrogen-bond donors (Lipinski definition) is 1. The molecule has 0 bridgehead atoms. The van der Waals surface area contributed by atoms with E-state index in [1.54, 1.807) is 45.6 Å². The number of benzene rings is 2. The predicted octanol–water partition coefficient (Wildman–Crippen LogP) is 3.40. The van der Waals surface area contributed by atoms with E-state index in [2.05, 4.69) is 21.2 Å². The molecule has 0 unspecified atom stereocenters. The highest BCUT2D eigenvalue weighted by molar-refractivity contribution is 9.10. The average Bonchev–Trinajstić information content (AvgIpc) is 2.58. The number of hydrogen-bond acceptors (Lipinski definition) is 4. The van der Waals surface area contributed by atoms with Crippen molar-refractivity contribution in [1.82, 2.24) is 5.32 Å². The maximum atomic E-state index is 12.2. The summed E-state index contributed by atoms with van der Waals surface area (Å²) >= 11 is 3.35. The van der Waals surface area contributed by atoms with Crippen LogP contribution in [-0.2, 0) is 6.54 Å². The molecule has 2 aromatic carbocycles. The molecule has 0 heterocycles. The average molecular weight is 380 g/mol. The molecular weight excluding hydrogens is 362 g/mol. The fourth-order valence-electron chi connectivity index (χ4n) is 2.14. The van der Waals surface area contributed by atoms with Crippen LogP contribution in [-0.4, -0.2) is 27.2 Å². The summed E-state index contributed by atoms with van der Waals surface area (Å²) in [5, 5.41) is 2.87. The Morgan fingerprint density at radius 2 is 1.65 bits per heavy atom. The van der Waals surface area contributed by atoms with Crippen molar-refractivity contribution in [3.8, 4) is 17.2 Å². The molecule has 122 valence electrons. The van der Waals surface area contributed by atoms with Crippen LogP contribution in [0.2, 0.25) is 0 Å². The second-order valence-electron chi connectivity index (χ2n) is 4.71. The van der Waals surface area contributed by atoms with Gasteiger partial charge in [-0.15, -0.1) is 0 Å². The molecule has 2 rings (SSSR count). The number of carbonyl (C=O) groups excluding carboxylic acids is 1. The first-order valence-electron chi connectivity index (χ1n) is 6.91. The Bertz CT molecular complexity index is 703. The zero-order valence-electron chi connectivity index (χ0n) is 13.2. The lowest BCUT2D eigenvalue weighted by molar-refractivity contribution is 0.0950. The summed E-state index contributed by atoms with van der Waals surface area (Å²) in [7, 11) is 4.70. The van der Waals surface area contributed by atoms with Gasteiger partial charge in [-0.2, -0.15) is 0 Å². The van der Waals surface area contributed by atoms with Crippen molar-refractivity contribution >= 4 is 21.8 Å². The van der Waals surface area contributed by atoms with Gasteiger partial charge in [0.05, 0.1) is 21.3 Å². The first-order valence-corrected chi connectivity index (χ1v) is 7.71. The van der Waals surface area contributed by atoms with E-state index in [0.717, 1.165) is 10.0 Å². The van der Waals surface area contributed by atoms with E-state index < -0.39 is 0 Å². The Hall–Kier alpha value is -2.21. The smallest absolute Gasteiger partial charge is 0.251 e. The lowest BCUT2D eigenvalue weighted by atomic mass is 10.1. The second-order valence-corrected chi connectivity index (χ2v) is 5.63. The molecule has 0 aliphatic heterocycles. The highest BCUT2D eigenvalue weighted by Crippen LogP contribution is 2.34. The van der Waals surface area contributed by atoms with Crippen LogP contribution in [0.3, 0.4) is 0 Å². The van der Waals surface area contributed by atoms with Gasteiger partial charge in [-0.05, 0) is 24.3 Å². The van der Waals surface area contributed by atoms with Gasteiger partial charge in [0.2, 0.25) is 0 Å². The minimum absolute atomic E-state index is 0.164. The van der Waals surface area contributed by atoms with Crippen molar-refractivity contribution in [3.63, 3.8) is 0 Å². The first kappa shape index (κ1) is 17.1. The SMILES string of the molecule is COc1cc(OC)c(OC)cc1CNC(=O)c1cccc(Br)c1. The van der Waals surface area contributed by atoms with E-state index in [-0.39, 0.29) is 5.91 Å². The fourth-order valence-corrected chi connectivity index (χ4v) is 2.54. The molecule has 0 radical (unpaired) electrons. The largest absolute Gasteiger partial charge is 0.496 e. The Labute approximate surface area is 143 Å². The summed E-state index contributed by atoms with van der Waals surface area (Å²) in [6.45, 7) is 0.314. The van der Waals surface area contributed by atoms with Gasteiger partial charge in [-0.3, -0.25) is 4.79 Å². The van der Waals surface area contributed by atoms with Gasteiger partial charge in [0.1, 0.15) is 5.75 Å². The van der Waals surface area contributed by atoms with Crippen LogP contribution in [0.1, 0.15) is 15.9 Å². The Morgan fingerprint density at radius 1 is 1.00 bits per heavy atom. The van der Waals surface area contributed by atoms with Gasteiger partial charge in [0.25, 0.3) is 5.91 Å². The number of nitrogens with one attached hydrogen (secondary N) is 1. The molecule has 0 saturated carbocycles. The molecule has 5 nitrogen and oxygen atoms in total. The lowest BCUT2D eigenvalue weighted by Gasteiger charge is -2.14. The minimum atomic E-state index is -0.164. The fraction of sp³-hybridized carbons (Fsp3) is 0.235. The van der Waals surface area contributed by atoms with Gasteiger partial charge in [-0.1, -0.05) is 22.0 Å². The van der Waals surface area contributed by atoms with Crippen LogP contribution >= 0.6 is 15.9 Å². The molecule has 0 atom stereocenters. The molecule has 0 spiro atoms. The number of ether oxygens (including phenoxy) is 3. The molecular formula is C17H18BrNO4. The predicted molar refractivity (Wildman–Crippen MR) is 91.4 cm³/mol. The summed E-state index contributed by atoms with van der Waals surface area (Å²) in [5.74, 6) is 1.62. The van der Waals surface area contributed by atoms with Crippen molar-refractivity contribution < 1.29 is 19.0 Å². The Balaban J connectivity index is 2.17. The van der Waals surface area contributed by atoms with Gasteiger partial charge in [0, 0.05) is 28.2 Å². The second kappa shape index (κ2) is 7.87. The maximum absolute atomic E-state index is 12.2. The minimum Gasteiger partial charge on any atom is -0.496 e. The van der Waals surface area contributed by atoms with Crippen molar-refractivity contribution in [2.24, 2.45) is 0 Å². The van der Waals surface area contributed by atoms with Crippen LogP contribution in [0.5, 0.6) is 17.2 Å². The molecule has 1 N–H and O–H groups in total. The zero-order chi connectivity index (χ0) is 16.8. The third-order valence-corrected chi connectivity index (χ3v) is 3.81. The molecule has 6 heteroatoms. The van der Waals surface area contributed by atoms with Gasteiger partial charge in [-0.25, -0.2) is 0 Å². The number of amides is 1. The van der Waals surface area contributed by atoms with Crippen LogP contribution < -0.4 is 19.5 Å². The monoisotopic (exact) mass is 379 g/mol. The molecule has 2 aromatic rings. The lowest BCUT2D eigenvalue weighted by Crippen LogP contribution is -2.23. The van der Waals surface area contributed by atoms with E-state index in [1.165, 1.54) is 0 Å². The van der Waals surface area contributed by atoms with Gasteiger partial charge < -0.3 is 19.5 Å². The number of methoxy groups -OCH3 is 3. The van der Waals surface area contributed by atoms with Crippen molar-refractivity contribution in [2.45, 2.75) is 6.54 Å². The van der Waals surface area contributed by atoms with E-state index in [4.69, 9.17) is 14.2 Å². The molecule has 0 saturated heterocycles. The summed E-state index contributed by atoms with van der Waals surface area (Å²) in [4.78, 5) is 12.2. The summed E-state index contributed by atoms with van der Waals surface area (Å²) < 4.78 is 16.7. The van der Waals surface area contributed by atoms with E-state index in [0.29, 0.717) is 29.4 Å². The first-order chi connectivity index (χ1) is 11.1. The highest BCUT2D eigenvalue weighted by atomic mass is 79.9. The Morgan fingerprint density at radius 3 is 2.26 bits per heavy atom. The molecule has 1 amide bonds. The van der Waals surface area contributed by atoms with E-state index in [9.17, 15) is 4.79 Å². The standard InChI is InChI=1S/C17H18BrNO4/c1-21-14-9-16(23-3)15(22-2)8-12(14)10-19-17(20)11-5-4-6-13(18)7-11/h4-9H,10H2,1-3H3,(H,19,20). The molecule has 0 fully saturated rings. The number of carbonyl (C=O) groups is 1. The van der Waals surface area contributed by atoms with Crippen LogP contribution in [0.25, 0.3) is 0 Å². The van der Waals surface area contributed by atoms with Crippen LogP contribution in [0.4, 0.5) is 0 Å². The third-order valence-electron chi connectivity index (χ3n) is 3.31. The molecule has 0 aromatic heterocycles. The van der Waals surface area contributed by atoms with Crippen molar-refractivity contribution in [1.29, 1.82) is 0 Å². The molecule has 0 aliphatic carbocycles. The maximum Gasteiger partial charge on any atom is 0.251 e. The topological polar surface area (TPSA) is 56.8 Å². The van der Waals surface area contributed by atoms with Gasteiger partial charge in [0.15, 0.2) is 11.5 Å². The quantitative estimate of drug-likeness (QED) is 0.835. The Kier molecular flexibility index (Phi) is 5.87. The van der Waals surface area contributed by atoms with E-state index >= 15 is 0 Å². The summed E-state index contributed by atoms with van der Waals surface area (Å²) in [6.07, 6.45) is 0. The number of rotatable bonds is 6. The van der Waals surface area contributed by atoms with Crippen molar-refractivity contribution in [3.05, 3.63) is 52.0 Å². The molecule has 23 heavy (non-hydrogen) atoms. The summed E-state index contributed by atoms with van der Waals surface area (Å²) in [5.41, 5.74) is 1.38. The third kappa shape index (κ3) is 4.16. The molecule has 0 aliphatic rings. The summed E-state index contributed by atoms with van der Waals surface area (Å²) in [6, 6.07) is 10.7. The van der Waals surface area contributed by atoms with E-state index in [1.807, 2.05) is 12.1 Å². The number of halogens is 1. The van der Waals surface area contributed by atoms with Crippen molar-refractivity contribution in [2.75, 3.05) is 21.3 Å². The van der Waals surface area contributed by atoms with Crippen LogP contribution in [0, 0.1) is 0 Å². The van der Waals surface area contributed by atoms with Crippen LogP contribution in [0.15, 0.2) is 40.9 Å².